The summed E-state index contributed by atoms with van der Waals surface area (Å²) in [6.07, 6.45) is -7.01. The Morgan fingerprint density at radius 3 is 1.17 bits per heavy atom. The fourth-order valence-corrected chi connectivity index (χ4v) is 11.7. The molecule has 0 aliphatic heterocycles. The van der Waals surface area contributed by atoms with Crippen molar-refractivity contribution < 1.29 is 26.3 Å². The molecule has 0 saturated carbocycles. The molecule has 1 aliphatic carbocycles. The lowest BCUT2D eigenvalue weighted by Gasteiger charge is -2.23. The van der Waals surface area contributed by atoms with Gasteiger partial charge in [-0.15, -0.1) is 0 Å². The van der Waals surface area contributed by atoms with Crippen LogP contribution in [-0.4, -0.2) is 49.4 Å². The Kier molecular flexibility index (Phi) is 14.6. The number of halogens is 6. The van der Waals surface area contributed by atoms with E-state index in [4.69, 9.17) is 44.9 Å². The molecule has 446 valence electrons. The van der Waals surface area contributed by atoms with Crippen molar-refractivity contribution in [3.63, 3.8) is 0 Å². The normalized spacial score (nSPS) is 12.3. The molecule has 0 radical (unpaired) electrons. The first-order valence-electron chi connectivity index (χ1n) is 29.7. The lowest BCUT2D eigenvalue weighted by atomic mass is 9.91. The van der Waals surface area contributed by atoms with E-state index in [-0.39, 0.29) is 57.4 Å². The van der Waals surface area contributed by atoms with E-state index < -0.39 is 23.5 Å². The molecule has 10 nitrogen and oxygen atoms in total. The maximum atomic E-state index is 15.2. The van der Waals surface area contributed by atoms with Gasteiger partial charge in [-0.1, -0.05) is 206 Å². The van der Waals surface area contributed by atoms with Gasteiger partial charge in [0.2, 0.25) is 0 Å². The molecule has 14 aromatic rings. The van der Waals surface area contributed by atoms with Gasteiger partial charge in [-0.2, -0.15) is 26.3 Å². The molecule has 0 fully saturated rings. The summed E-state index contributed by atoms with van der Waals surface area (Å²) < 4.78 is 93.1. The molecule has 0 unspecified atom stereocenters. The molecule has 0 bridgehead atoms. The summed E-state index contributed by atoms with van der Waals surface area (Å²) in [5.41, 5.74) is 6.48. The molecule has 1 aliphatic rings. The SMILES string of the molecule is FC(F)(F)c1cc#cc(-c2cc(-c3nc(-c4ccccc4)nc(-c4ccccc4)n3)cc(-c3cccc(C(F)(F)F)c3)c2-n2c3c(c4cc(-c5nc(-c6ccccc6)nc(-c6ccccc6)n5)ccc42)C=C(c2nc(-c4ccccc4)nc(-c4ccccc4)n2)CC3)c1. The molecule has 0 N–H and O–H groups in total. The van der Waals surface area contributed by atoms with Crippen molar-refractivity contribution in [3.8, 4) is 119 Å². The highest BCUT2D eigenvalue weighted by Crippen LogP contribution is 2.48. The third kappa shape index (κ3) is 11.4. The van der Waals surface area contributed by atoms with Crippen LogP contribution in [0.25, 0.3) is 142 Å². The van der Waals surface area contributed by atoms with E-state index in [1.165, 1.54) is 6.07 Å². The summed E-state index contributed by atoms with van der Waals surface area (Å²) in [4.78, 5) is 45.3. The topological polar surface area (TPSA) is 121 Å². The summed E-state index contributed by atoms with van der Waals surface area (Å²) in [6.45, 7) is 0. The zero-order valence-corrected chi connectivity index (χ0v) is 48.9. The Balaban J connectivity index is 1.05. The molecule has 4 aromatic heterocycles. The minimum atomic E-state index is -4.84. The number of nitrogens with zero attached hydrogens (tertiary/aromatic N) is 10. The highest BCUT2D eigenvalue weighted by molar-refractivity contribution is 6.02. The Labute approximate surface area is 529 Å². The number of hydrogen-bond acceptors (Lipinski definition) is 9. The van der Waals surface area contributed by atoms with Gasteiger partial charge < -0.3 is 4.57 Å². The first-order valence-corrected chi connectivity index (χ1v) is 29.7. The van der Waals surface area contributed by atoms with Crippen LogP contribution in [0.2, 0.25) is 0 Å². The van der Waals surface area contributed by atoms with E-state index in [9.17, 15) is 0 Å². The molecule has 0 atom stereocenters. The van der Waals surface area contributed by atoms with E-state index >= 15 is 26.3 Å². The number of fused-ring (bicyclic) bond motifs is 3. The van der Waals surface area contributed by atoms with Gasteiger partial charge in [0.25, 0.3) is 0 Å². The van der Waals surface area contributed by atoms with Crippen LogP contribution in [0, 0.1) is 12.1 Å². The average Bonchev–Trinajstić information content (AvgIpc) is 1.65. The van der Waals surface area contributed by atoms with Gasteiger partial charge in [0.15, 0.2) is 52.4 Å². The third-order valence-corrected chi connectivity index (χ3v) is 16.1. The molecule has 0 amide bonds. The zero-order chi connectivity index (χ0) is 63.2. The Morgan fingerprint density at radius 2 is 0.731 bits per heavy atom. The maximum absolute atomic E-state index is 15.2. The largest absolute Gasteiger partial charge is 0.417 e. The highest BCUT2D eigenvalue weighted by Gasteiger charge is 2.34. The number of hydrogen-bond donors (Lipinski definition) is 0. The molecule has 16 heteroatoms. The van der Waals surface area contributed by atoms with Gasteiger partial charge in [0.1, 0.15) is 0 Å². The number of alkyl halides is 6. The van der Waals surface area contributed by atoms with Crippen LogP contribution in [0.4, 0.5) is 26.3 Å². The van der Waals surface area contributed by atoms with E-state index in [0.29, 0.717) is 80.2 Å². The van der Waals surface area contributed by atoms with E-state index in [1.54, 1.807) is 18.2 Å². The van der Waals surface area contributed by atoms with Crippen molar-refractivity contribution in [3.05, 3.63) is 289 Å². The minimum Gasteiger partial charge on any atom is -0.312 e. The average molecular weight is 1230 g/mol. The van der Waals surface area contributed by atoms with Crippen molar-refractivity contribution in [2.75, 3.05) is 0 Å². The molecule has 10 aromatic carbocycles. The summed E-state index contributed by atoms with van der Waals surface area (Å²) in [5, 5.41) is 0.644. The number of benzene rings is 9. The molecule has 0 saturated heterocycles. The van der Waals surface area contributed by atoms with Crippen molar-refractivity contribution in [1.29, 1.82) is 0 Å². The predicted octanol–water partition coefficient (Wildman–Crippen LogP) is 19.0. The van der Waals surface area contributed by atoms with Crippen LogP contribution in [0.15, 0.2) is 249 Å². The number of rotatable bonds is 12. The van der Waals surface area contributed by atoms with Gasteiger partial charge in [0.05, 0.1) is 22.3 Å². The van der Waals surface area contributed by atoms with Crippen LogP contribution in [-0.2, 0) is 18.8 Å². The van der Waals surface area contributed by atoms with Gasteiger partial charge in [-0.25, -0.2) is 44.9 Å². The van der Waals surface area contributed by atoms with Crippen LogP contribution in [0.3, 0.4) is 0 Å². The van der Waals surface area contributed by atoms with Crippen LogP contribution in [0.1, 0.15) is 34.6 Å². The fraction of sp³-hybridized carbons (Fsp3) is 0.0519. The lowest BCUT2D eigenvalue weighted by molar-refractivity contribution is -0.138. The monoisotopic (exact) mass is 1220 g/mol. The Hall–Kier alpha value is -12.1. The standard InChI is InChI=1S/C77H46F6N10/c78-76(79,80)58-35-19-33-53(41-58)60-45-57(75-91-71(51-29-15-5-16-30-51)86-72(92-75)52-31-17-6-18-32-52)46-61(54-34-20-36-59(42-54)77(81,82)83)66(60)93-64-39-37-55(73-87-67(47-21-7-1-8-22-47)84-68(88-73)48-23-9-2-10-24-48)43-62(64)63-44-56(38-40-65(63)93)74-89-69(49-25-11-3-12-26-49)85-70(90-74)50-27-13-4-14-28-50/h1-19,21-33,35-37,39,41-46H,38,40H2. The molecule has 4 heterocycles. The Bertz CT molecular complexity index is 4910. The first kappa shape index (κ1) is 57.4. The van der Waals surface area contributed by atoms with E-state index in [1.807, 2.05) is 211 Å². The highest BCUT2D eigenvalue weighted by atomic mass is 19.4. The molecular weight excluding hydrogens is 1180 g/mol. The van der Waals surface area contributed by atoms with Crippen LogP contribution in [0.5, 0.6) is 0 Å². The quantitative estimate of drug-likeness (QED) is 0.110. The van der Waals surface area contributed by atoms with Crippen molar-refractivity contribution in [1.82, 2.24) is 49.4 Å². The lowest BCUT2D eigenvalue weighted by Crippen LogP contribution is -2.11. The van der Waals surface area contributed by atoms with Crippen LogP contribution >= 0.6 is 0 Å². The number of aromatic nitrogens is 10. The van der Waals surface area contributed by atoms with Crippen molar-refractivity contribution in [2.24, 2.45) is 0 Å². The zero-order valence-electron chi connectivity index (χ0n) is 48.9. The Morgan fingerprint density at radius 1 is 0.333 bits per heavy atom. The molecule has 93 heavy (non-hydrogen) atoms. The summed E-state index contributed by atoms with van der Waals surface area (Å²) in [7, 11) is 0. The van der Waals surface area contributed by atoms with E-state index in [2.05, 4.69) is 12.1 Å². The summed E-state index contributed by atoms with van der Waals surface area (Å²) in [5.74, 6) is 3.16. The molecule has 15 rings (SSSR count). The van der Waals surface area contributed by atoms with Gasteiger partial charge in [-0.05, 0) is 78.6 Å². The van der Waals surface area contributed by atoms with E-state index in [0.717, 1.165) is 52.1 Å². The van der Waals surface area contributed by atoms with Gasteiger partial charge >= 0.3 is 12.4 Å². The molecular formula is C77H46F6N10. The summed E-state index contributed by atoms with van der Waals surface area (Å²) in [6, 6.07) is 78.1. The maximum Gasteiger partial charge on any atom is 0.417 e. The third-order valence-electron chi connectivity index (χ3n) is 16.1. The predicted molar refractivity (Wildman–Crippen MR) is 348 cm³/mol. The van der Waals surface area contributed by atoms with Crippen molar-refractivity contribution >= 4 is 22.6 Å². The van der Waals surface area contributed by atoms with Gasteiger partial charge in [-0.3, -0.25) is 0 Å². The second kappa shape index (κ2) is 23.7. The van der Waals surface area contributed by atoms with Crippen LogP contribution < -0.4 is 0 Å². The van der Waals surface area contributed by atoms with Crippen molar-refractivity contribution in [2.45, 2.75) is 25.2 Å². The first-order chi connectivity index (χ1) is 45.3. The summed E-state index contributed by atoms with van der Waals surface area (Å²) >= 11 is 0. The number of allylic oxidation sites excluding steroid dienone is 1. The fourth-order valence-electron chi connectivity index (χ4n) is 11.7. The molecule has 0 spiro atoms. The van der Waals surface area contributed by atoms with Gasteiger partial charge in [0, 0.05) is 83.9 Å². The smallest absolute Gasteiger partial charge is 0.312 e. The minimum absolute atomic E-state index is 0.0612. The second-order valence-corrected chi connectivity index (χ2v) is 22.1. The second-order valence-electron chi connectivity index (χ2n) is 22.1.